The molecule has 0 saturated carbocycles. The van der Waals surface area contributed by atoms with Crippen molar-refractivity contribution in [2.45, 2.75) is 0 Å². The van der Waals surface area contributed by atoms with Crippen molar-refractivity contribution in [2.75, 3.05) is 42.9 Å². The lowest BCUT2D eigenvalue weighted by Crippen LogP contribution is -2.50. The molecule has 0 radical (unpaired) electrons. The quantitative estimate of drug-likeness (QED) is 0.699. The van der Waals surface area contributed by atoms with Gasteiger partial charge in [0.05, 0.1) is 12.2 Å². The van der Waals surface area contributed by atoms with Gasteiger partial charge in [-0.1, -0.05) is 30.3 Å². The Bertz CT molecular complexity index is 928. The lowest BCUT2D eigenvalue weighted by Gasteiger charge is -2.34. The van der Waals surface area contributed by atoms with Crippen LogP contribution in [0.15, 0.2) is 73.1 Å². The third-order valence-electron chi connectivity index (χ3n) is 4.76. The smallest absolute Gasteiger partial charge is 0.241 e. The third kappa shape index (κ3) is 4.82. The number of anilines is 2. The molecule has 3 aromatic rings. The third-order valence-corrected chi connectivity index (χ3v) is 4.76. The number of para-hydroxylation sites is 3. The van der Waals surface area contributed by atoms with E-state index in [1.165, 1.54) is 0 Å². The molecule has 1 aromatic heterocycles. The van der Waals surface area contributed by atoms with Gasteiger partial charge >= 0.3 is 0 Å². The number of piperazine rings is 1. The van der Waals surface area contributed by atoms with Crippen LogP contribution in [0.1, 0.15) is 0 Å². The molecule has 0 bridgehead atoms. The topological polar surface area (TPSA) is 70.6 Å². The lowest BCUT2D eigenvalue weighted by atomic mass is 10.2. The van der Waals surface area contributed by atoms with Crippen LogP contribution in [0.2, 0.25) is 0 Å². The zero-order valence-corrected chi connectivity index (χ0v) is 16.1. The Hall–Kier alpha value is -3.61. The van der Waals surface area contributed by atoms with E-state index in [0.717, 1.165) is 24.5 Å². The number of benzene rings is 2. The highest BCUT2D eigenvalue weighted by Crippen LogP contribution is 2.28. The SMILES string of the molecule is O=C(CNc1ccccc1Oc1ccccc1)N1CCN(c2ncccn2)CC1. The van der Waals surface area contributed by atoms with E-state index < -0.39 is 0 Å². The summed E-state index contributed by atoms with van der Waals surface area (Å²) < 4.78 is 5.94. The zero-order valence-electron chi connectivity index (χ0n) is 16.1. The first-order valence-electron chi connectivity index (χ1n) is 9.65. The molecule has 2 aromatic carbocycles. The fourth-order valence-electron chi connectivity index (χ4n) is 3.21. The number of carbonyl (C=O) groups excluding carboxylic acids is 1. The number of rotatable bonds is 6. The summed E-state index contributed by atoms with van der Waals surface area (Å²) in [4.78, 5) is 25.2. The molecule has 1 saturated heterocycles. The van der Waals surface area contributed by atoms with Crippen molar-refractivity contribution in [3.05, 3.63) is 73.1 Å². The Kier molecular flexibility index (Phi) is 5.85. The minimum Gasteiger partial charge on any atom is -0.455 e. The number of carbonyl (C=O) groups is 1. The summed E-state index contributed by atoms with van der Waals surface area (Å²) in [6.07, 6.45) is 3.47. The van der Waals surface area contributed by atoms with Crippen LogP contribution in [-0.4, -0.2) is 53.5 Å². The molecule has 7 nitrogen and oxygen atoms in total. The molecule has 1 amide bonds. The predicted octanol–water partition coefficient (Wildman–Crippen LogP) is 3.03. The molecule has 7 heteroatoms. The lowest BCUT2D eigenvalue weighted by molar-refractivity contribution is -0.129. The second-order valence-electron chi connectivity index (χ2n) is 6.68. The number of hydrogen-bond donors (Lipinski definition) is 1. The minimum absolute atomic E-state index is 0.0631. The highest BCUT2D eigenvalue weighted by molar-refractivity contribution is 5.81. The summed E-state index contributed by atoms with van der Waals surface area (Å²) in [5.74, 6) is 2.22. The van der Waals surface area contributed by atoms with Gasteiger partial charge in [0.15, 0.2) is 5.75 Å². The van der Waals surface area contributed by atoms with Gasteiger partial charge in [-0.25, -0.2) is 9.97 Å². The summed E-state index contributed by atoms with van der Waals surface area (Å²) in [5.41, 5.74) is 0.793. The molecule has 1 aliphatic heterocycles. The summed E-state index contributed by atoms with van der Waals surface area (Å²) in [7, 11) is 0. The second-order valence-corrected chi connectivity index (χ2v) is 6.68. The average Bonchev–Trinajstić information content (AvgIpc) is 2.80. The number of nitrogens with one attached hydrogen (secondary N) is 1. The Morgan fingerprint density at radius 2 is 1.59 bits per heavy atom. The zero-order chi connectivity index (χ0) is 19.9. The molecule has 1 N–H and O–H groups in total. The average molecular weight is 389 g/mol. The van der Waals surface area contributed by atoms with Crippen molar-refractivity contribution in [3.63, 3.8) is 0 Å². The van der Waals surface area contributed by atoms with Crippen LogP contribution in [0.5, 0.6) is 11.5 Å². The van der Waals surface area contributed by atoms with Crippen LogP contribution < -0.4 is 15.0 Å². The van der Waals surface area contributed by atoms with Crippen LogP contribution in [0, 0.1) is 0 Å². The number of amides is 1. The van der Waals surface area contributed by atoms with Crippen LogP contribution in [0.3, 0.4) is 0 Å². The van der Waals surface area contributed by atoms with Crippen molar-refractivity contribution in [2.24, 2.45) is 0 Å². The number of hydrogen-bond acceptors (Lipinski definition) is 6. The van der Waals surface area contributed by atoms with Gasteiger partial charge < -0.3 is 19.9 Å². The van der Waals surface area contributed by atoms with E-state index in [1.807, 2.05) is 59.5 Å². The largest absolute Gasteiger partial charge is 0.455 e. The Balaban J connectivity index is 1.31. The van der Waals surface area contributed by atoms with Crippen LogP contribution in [0.4, 0.5) is 11.6 Å². The normalized spacial score (nSPS) is 13.8. The number of ether oxygens (including phenoxy) is 1. The highest BCUT2D eigenvalue weighted by Gasteiger charge is 2.22. The van der Waals surface area contributed by atoms with Crippen molar-refractivity contribution >= 4 is 17.5 Å². The molecule has 0 spiro atoms. The van der Waals surface area contributed by atoms with Gasteiger partial charge in [-0.15, -0.1) is 0 Å². The maximum Gasteiger partial charge on any atom is 0.241 e. The summed E-state index contributed by atoms with van der Waals surface area (Å²) in [6, 6.07) is 19.0. The molecule has 0 atom stereocenters. The van der Waals surface area contributed by atoms with Crippen LogP contribution >= 0.6 is 0 Å². The molecule has 1 aliphatic rings. The molecule has 4 rings (SSSR count). The van der Waals surface area contributed by atoms with Gasteiger partial charge in [0.25, 0.3) is 0 Å². The molecule has 1 fully saturated rings. The predicted molar refractivity (Wildman–Crippen MR) is 112 cm³/mol. The number of aromatic nitrogens is 2. The van der Waals surface area contributed by atoms with E-state index in [2.05, 4.69) is 20.2 Å². The maximum absolute atomic E-state index is 12.7. The van der Waals surface area contributed by atoms with Crippen LogP contribution in [0.25, 0.3) is 0 Å². The van der Waals surface area contributed by atoms with E-state index in [-0.39, 0.29) is 12.5 Å². The molecule has 2 heterocycles. The Labute approximate surface area is 170 Å². The highest BCUT2D eigenvalue weighted by atomic mass is 16.5. The fraction of sp³-hybridized carbons (Fsp3) is 0.227. The summed E-state index contributed by atoms with van der Waals surface area (Å²) in [5, 5.41) is 3.22. The van der Waals surface area contributed by atoms with Gasteiger partial charge in [0.2, 0.25) is 11.9 Å². The molecule has 0 aliphatic carbocycles. The standard InChI is InChI=1S/C22H23N5O2/c28-21(26-13-15-27(16-14-26)22-23-11-6-12-24-22)17-25-19-9-4-5-10-20(19)29-18-7-2-1-3-8-18/h1-12,25H,13-17H2. The van der Waals surface area contributed by atoms with Crippen molar-refractivity contribution in [1.82, 2.24) is 14.9 Å². The van der Waals surface area contributed by atoms with Crippen molar-refractivity contribution in [3.8, 4) is 11.5 Å². The van der Waals surface area contributed by atoms with E-state index in [9.17, 15) is 4.79 Å². The summed E-state index contributed by atoms with van der Waals surface area (Å²) >= 11 is 0. The van der Waals surface area contributed by atoms with E-state index >= 15 is 0 Å². The van der Waals surface area contributed by atoms with E-state index in [4.69, 9.17) is 4.74 Å². The van der Waals surface area contributed by atoms with E-state index in [0.29, 0.717) is 24.8 Å². The molecule has 148 valence electrons. The van der Waals surface area contributed by atoms with Gasteiger partial charge in [0.1, 0.15) is 5.75 Å². The molecule has 29 heavy (non-hydrogen) atoms. The molecule has 0 unspecified atom stereocenters. The van der Waals surface area contributed by atoms with Crippen LogP contribution in [-0.2, 0) is 4.79 Å². The first kappa shape index (κ1) is 18.7. The fourth-order valence-corrected chi connectivity index (χ4v) is 3.21. The maximum atomic E-state index is 12.7. The second kappa shape index (κ2) is 9.05. The number of nitrogens with zero attached hydrogens (tertiary/aromatic N) is 4. The van der Waals surface area contributed by atoms with E-state index in [1.54, 1.807) is 18.5 Å². The monoisotopic (exact) mass is 389 g/mol. The first-order chi connectivity index (χ1) is 14.3. The Morgan fingerprint density at radius 1 is 0.897 bits per heavy atom. The van der Waals surface area contributed by atoms with Gasteiger partial charge in [-0.2, -0.15) is 0 Å². The Morgan fingerprint density at radius 3 is 2.34 bits per heavy atom. The van der Waals surface area contributed by atoms with Gasteiger partial charge in [-0.3, -0.25) is 4.79 Å². The summed E-state index contributed by atoms with van der Waals surface area (Å²) in [6.45, 7) is 2.98. The van der Waals surface area contributed by atoms with Crippen molar-refractivity contribution in [1.29, 1.82) is 0 Å². The molecular weight excluding hydrogens is 366 g/mol. The van der Waals surface area contributed by atoms with Crippen molar-refractivity contribution < 1.29 is 9.53 Å². The van der Waals surface area contributed by atoms with Gasteiger partial charge in [0, 0.05) is 38.6 Å². The molecular formula is C22H23N5O2. The van der Waals surface area contributed by atoms with Gasteiger partial charge in [-0.05, 0) is 30.3 Å². The first-order valence-corrected chi connectivity index (χ1v) is 9.65. The minimum atomic E-state index is 0.0631.